The van der Waals surface area contributed by atoms with Crippen LogP contribution in [0.15, 0.2) is 0 Å². The number of fused-ring (bicyclic) bond motifs is 5. The average molecular weight is 346 g/mol. The number of aliphatic hydroxyl groups is 1. The fourth-order valence-electron chi connectivity index (χ4n) is 7.44. The molecule has 1 N–H and O–H groups in total. The van der Waals surface area contributed by atoms with Gasteiger partial charge in [0.05, 0.1) is 0 Å². The van der Waals surface area contributed by atoms with Gasteiger partial charge in [0.25, 0.3) is 0 Å². The van der Waals surface area contributed by atoms with Crippen molar-refractivity contribution < 1.29 is 19.5 Å². The van der Waals surface area contributed by atoms with Crippen molar-refractivity contribution in [3.8, 4) is 0 Å². The molecule has 138 valence electrons. The van der Waals surface area contributed by atoms with Crippen molar-refractivity contribution in [3.05, 3.63) is 0 Å². The van der Waals surface area contributed by atoms with Crippen LogP contribution in [0.4, 0.5) is 0 Å². The molecule has 0 saturated heterocycles. The lowest BCUT2D eigenvalue weighted by molar-refractivity contribution is -0.176. The zero-order valence-corrected chi connectivity index (χ0v) is 15.6. The summed E-state index contributed by atoms with van der Waals surface area (Å²) in [6, 6.07) is 0. The van der Waals surface area contributed by atoms with E-state index in [9.17, 15) is 19.5 Å². The largest absolute Gasteiger partial charge is 0.381 e. The van der Waals surface area contributed by atoms with Gasteiger partial charge in [-0.3, -0.25) is 14.4 Å². The van der Waals surface area contributed by atoms with Crippen molar-refractivity contribution in [1.29, 1.82) is 0 Å². The van der Waals surface area contributed by atoms with Crippen molar-refractivity contribution in [2.75, 3.05) is 0 Å². The Morgan fingerprint density at radius 1 is 1.12 bits per heavy atom. The molecule has 0 aromatic heterocycles. The number of carbonyl (C=O) groups excluding carboxylic acids is 3. The molecular weight excluding hydrogens is 316 g/mol. The molecule has 0 bridgehead atoms. The van der Waals surface area contributed by atoms with Gasteiger partial charge in [0.2, 0.25) is 0 Å². The topological polar surface area (TPSA) is 71.4 Å². The molecule has 4 nitrogen and oxygen atoms in total. The van der Waals surface area contributed by atoms with Crippen LogP contribution in [0.3, 0.4) is 0 Å². The zero-order valence-electron chi connectivity index (χ0n) is 15.6. The minimum absolute atomic E-state index is 0.00623. The van der Waals surface area contributed by atoms with E-state index >= 15 is 0 Å². The van der Waals surface area contributed by atoms with Crippen LogP contribution >= 0.6 is 0 Å². The molecule has 7 atom stereocenters. The van der Waals surface area contributed by atoms with E-state index in [1.54, 1.807) is 0 Å². The molecule has 0 aromatic rings. The monoisotopic (exact) mass is 346 g/mol. The molecule has 7 unspecified atom stereocenters. The summed E-state index contributed by atoms with van der Waals surface area (Å²) >= 11 is 0. The summed E-state index contributed by atoms with van der Waals surface area (Å²) < 4.78 is 0. The number of rotatable bonds is 1. The predicted molar refractivity (Wildman–Crippen MR) is 92.8 cm³/mol. The van der Waals surface area contributed by atoms with E-state index in [0.29, 0.717) is 37.4 Å². The van der Waals surface area contributed by atoms with Gasteiger partial charge in [0, 0.05) is 30.6 Å². The van der Waals surface area contributed by atoms with Crippen molar-refractivity contribution in [2.24, 2.45) is 34.5 Å². The van der Waals surface area contributed by atoms with Crippen LogP contribution in [0.5, 0.6) is 0 Å². The van der Waals surface area contributed by atoms with Gasteiger partial charge in [0.1, 0.15) is 17.2 Å². The molecule has 4 rings (SSSR count). The Bertz CT molecular complexity index is 654. The van der Waals surface area contributed by atoms with Crippen LogP contribution in [0.25, 0.3) is 0 Å². The van der Waals surface area contributed by atoms with Crippen LogP contribution < -0.4 is 0 Å². The van der Waals surface area contributed by atoms with Crippen LogP contribution in [0.1, 0.15) is 72.1 Å². The van der Waals surface area contributed by atoms with Gasteiger partial charge in [-0.25, -0.2) is 0 Å². The maximum Gasteiger partial charge on any atom is 0.161 e. The van der Waals surface area contributed by atoms with E-state index in [2.05, 4.69) is 6.92 Å². The van der Waals surface area contributed by atoms with E-state index in [-0.39, 0.29) is 34.7 Å². The molecular formula is C21H30O4. The lowest BCUT2D eigenvalue weighted by Crippen LogP contribution is -2.61. The third-order valence-corrected chi connectivity index (χ3v) is 8.90. The first-order valence-corrected chi connectivity index (χ1v) is 9.91. The van der Waals surface area contributed by atoms with E-state index < -0.39 is 11.0 Å². The van der Waals surface area contributed by atoms with Gasteiger partial charge in [-0.05, 0) is 62.2 Å². The quantitative estimate of drug-likeness (QED) is 0.792. The van der Waals surface area contributed by atoms with Crippen LogP contribution in [-0.2, 0) is 14.4 Å². The molecule has 0 aromatic carbocycles. The third-order valence-electron chi connectivity index (χ3n) is 8.90. The Balaban J connectivity index is 1.72. The first-order valence-electron chi connectivity index (χ1n) is 9.91. The van der Waals surface area contributed by atoms with Gasteiger partial charge in [-0.15, -0.1) is 0 Å². The maximum atomic E-state index is 13.3. The Morgan fingerprint density at radius 3 is 2.52 bits per heavy atom. The summed E-state index contributed by atoms with van der Waals surface area (Å²) in [5.74, 6) is 1.22. The molecule has 4 saturated carbocycles. The average Bonchev–Trinajstić information content (AvgIpc) is 2.80. The van der Waals surface area contributed by atoms with Gasteiger partial charge in [0.15, 0.2) is 5.78 Å². The summed E-state index contributed by atoms with van der Waals surface area (Å²) in [6.07, 6.45) is 5.64. The Morgan fingerprint density at radius 2 is 1.84 bits per heavy atom. The summed E-state index contributed by atoms with van der Waals surface area (Å²) in [5, 5.41) is 11.1. The molecule has 0 spiro atoms. The molecule has 25 heavy (non-hydrogen) atoms. The summed E-state index contributed by atoms with van der Waals surface area (Å²) in [6.45, 7) is 5.67. The minimum atomic E-state index is -1.35. The normalized spacial score (nSPS) is 52.3. The third kappa shape index (κ3) is 2.06. The molecule has 4 fully saturated rings. The first-order chi connectivity index (χ1) is 11.6. The van der Waals surface area contributed by atoms with E-state index in [4.69, 9.17) is 0 Å². The second kappa shape index (κ2) is 5.25. The number of ketones is 3. The van der Waals surface area contributed by atoms with Gasteiger partial charge in [-0.1, -0.05) is 13.8 Å². The van der Waals surface area contributed by atoms with Crippen LogP contribution in [0.2, 0.25) is 0 Å². The highest BCUT2D eigenvalue weighted by molar-refractivity contribution is 5.90. The van der Waals surface area contributed by atoms with Gasteiger partial charge < -0.3 is 5.11 Å². The number of Topliss-reactive ketones (excluding diaryl/α,β-unsaturated/α-hetero) is 3. The standard InChI is InChI=1S/C21H30O4/c1-12(22)21(25)9-7-16-15-5-4-13-10-14(23)6-8-19(13,2)18(15)17(24)11-20(16,21)3/h13,15-16,18,25H,4-11H2,1-3H3. The molecule has 0 amide bonds. The van der Waals surface area contributed by atoms with Crippen molar-refractivity contribution in [3.63, 3.8) is 0 Å². The van der Waals surface area contributed by atoms with Gasteiger partial charge >= 0.3 is 0 Å². The highest BCUT2D eigenvalue weighted by Crippen LogP contribution is 2.67. The lowest BCUT2D eigenvalue weighted by atomic mass is 9.44. The first kappa shape index (κ1) is 17.4. The lowest BCUT2D eigenvalue weighted by Gasteiger charge is -2.59. The minimum Gasteiger partial charge on any atom is -0.381 e. The van der Waals surface area contributed by atoms with Crippen LogP contribution in [-0.4, -0.2) is 28.1 Å². The fraction of sp³-hybridized carbons (Fsp3) is 0.857. The molecule has 0 aliphatic heterocycles. The van der Waals surface area contributed by atoms with E-state index in [1.807, 2.05) is 6.92 Å². The van der Waals surface area contributed by atoms with Crippen molar-refractivity contribution in [1.82, 2.24) is 0 Å². The molecule has 0 heterocycles. The fourth-order valence-corrected chi connectivity index (χ4v) is 7.44. The highest BCUT2D eigenvalue weighted by atomic mass is 16.3. The SMILES string of the molecule is CC(=O)C1(O)CCC2C3CCC4CC(=O)CCC4(C)C3C(=O)CC21C. The predicted octanol–water partition coefficient (Wildman–Crippen LogP) is 3.10. The second-order valence-corrected chi connectivity index (χ2v) is 9.79. The Hall–Kier alpha value is -1.03. The number of hydrogen-bond acceptors (Lipinski definition) is 4. The van der Waals surface area contributed by atoms with E-state index in [0.717, 1.165) is 25.7 Å². The molecule has 0 radical (unpaired) electrons. The smallest absolute Gasteiger partial charge is 0.161 e. The summed E-state index contributed by atoms with van der Waals surface area (Å²) in [4.78, 5) is 37.5. The Kier molecular flexibility index (Phi) is 3.65. The second-order valence-electron chi connectivity index (χ2n) is 9.79. The summed E-state index contributed by atoms with van der Waals surface area (Å²) in [7, 11) is 0. The summed E-state index contributed by atoms with van der Waals surface area (Å²) in [5.41, 5.74) is -2.05. The van der Waals surface area contributed by atoms with Crippen LogP contribution in [0, 0.1) is 34.5 Å². The molecule has 4 aliphatic rings. The van der Waals surface area contributed by atoms with Crippen molar-refractivity contribution >= 4 is 17.3 Å². The van der Waals surface area contributed by atoms with Gasteiger partial charge in [-0.2, -0.15) is 0 Å². The Labute approximate surface area is 149 Å². The zero-order chi connectivity index (χ0) is 18.2. The number of carbonyl (C=O) groups is 3. The molecule has 4 aliphatic carbocycles. The maximum absolute atomic E-state index is 13.3. The van der Waals surface area contributed by atoms with Crippen molar-refractivity contribution in [2.45, 2.75) is 77.7 Å². The van der Waals surface area contributed by atoms with E-state index in [1.165, 1.54) is 6.92 Å². The number of hydrogen-bond donors (Lipinski definition) is 1. The highest BCUT2D eigenvalue weighted by Gasteiger charge is 2.68. The molecule has 4 heteroatoms.